The highest BCUT2D eigenvalue weighted by atomic mass is 35.5. The fourth-order valence-corrected chi connectivity index (χ4v) is 2.77. The Balaban J connectivity index is 0.00000242. The fourth-order valence-electron chi connectivity index (χ4n) is 1.91. The third-order valence-electron chi connectivity index (χ3n) is 3.10. The molecule has 0 fully saturated rings. The van der Waals surface area contributed by atoms with Crippen LogP contribution in [0.4, 0.5) is 0 Å². The van der Waals surface area contributed by atoms with E-state index in [1.54, 1.807) is 11.3 Å². The summed E-state index contributed by atoms with van der Waals surface area (Å²) in [6.45, 7) is 2.53. The van der Waals surface area contributed by atoms with Gasteiger partial charge in [-0.3, -0.25) is 4.79 Å². The van der Waals surface area contributed by atoms with Crippen LogP contribution in [0.5, 0.6) is 0 Å². The number of carbonyl (C=O) groups excluding carboxylic acids is 1. The van der Waals surface area contributed by atoms with Gasteiger partial charge in [-0.25, -0.2) is 4.98 Å². The maximum atomic E-state index is 11.6. The van der Waals surface area contributed by atoms with Crippen LogP contribution in [0, 0.1) is 0 Å². The minimum Gasteiger partial charge on any atom is -0.356 e. The first kappa shape index (κ1) is 18.6. The molecule has 1 heterocycles. The molecule has 2 rings (SSSR count). The zero-order valence-electron chi connectivity index (χ0n) is 12.6. The van der Waals surface area contributed by atoms with E-state index in [4.69, 9.17) is 5.73 Å². The van der Waals surface area contributed by atoms with Crippen LogP contribution in [0.3, 0.4) is 0 Å². The first-order valence-corrected chi connectivity index (χ1v) is 8.05. The molecule has 6 heteroatoms. The van der Waals surface area contributed by atoms with Gasteiger partial charge in [0.1, 0.15) is 5.01 Å². The summed E-state index contributed by atoms with van der Waals surface area (Å²) < 4.78 is 0. The molecule has 1 unspecified atom stereocenters. The molecule has 1 aromatic carbocycles. The number of carbonyl (C=O) groups is 1. The van der Waals surface area contributed by atoms with Crippen LogP contribution in [-0.4, -0.2) is 23.5 Å². The van der Waals surface area contributed by atoms with Gasteiger partial charge in [0.15, 0.2) is 0 Å². The number of nitrogens with one attached hydrogen (secondary N) is 1. The predicted octanol–water partition coefficient (Wildman–Crippen LogP) is 3.02. The number of amides is 1. The summed E-state index contributed by atoms with van der Waals surface area (Å²) in [7, 11) is 0. The Morgan fingerprint density at radius 1 is 1.36 bits per heavy atom. The summed E-state index contributed by atoms with van der Waals surface area (Å²) in [6.07, 6.45) is 1.97. The van der Waals surface area contributed by atoms with E-state index in [-0.39, 0.29) is 24.4 Å². The molecule has 0 aliphatic carbocycles. The molecule has 0 spiro atoms. The Hall–Kier alpha value is -1.43. The van der Waals surface area contributed by atoms with Crippen molar-refractivity contribution in [1.82, 2.24) is 10.3 Å². The molecule has 0 saturated heterocycles. The van der Waals surface area contributed by atoms with E-state index in [1.165, 1.54) is 0 Å². The van der Waals surface area contributed by atoms with Crippen molar-refractivity contribution in [2.45, 2.75) is 32.2 Å². The normalized spacial score (nSPS) is 11.5. The molecule has 0 aliphatic rings. The minimum atomic E-state index is 0. The van der Waals surface area contributed by atoms with Crippen LogP contribution in [-0.2, 0) is 11.2 Å². The highest BCUT2D eigenvalue weighted by Gasteiger charge is 2.06. The topological polar surface area (TPSA) is 68.0 Å². The summed E-state index contributed by atoms with van der Waals surface area (Å²) in [5.74, 6) is 0.0609. The van der Waals surface area contributed by atoms with Crippen LogP contribution >= 0.6 is 23.7 Å². The molecule has 0 aliphatic heterocycles. The Morgan fingerprint density at radius 2 is 2.09 bits per heavy atom. The summed E-state index contributed by atoms with van der Waals surface area (Å²) in [5.41, 5.74) is 7.78. The third-order valence-corrected chi connectivity index (χ3v) is 4.04. The maximum absolute atomic E-state index is 11.6. The van der Waals surface area contributed by atoms with Gasteiger partial charge in [0.25, 0.3) is 0 Å². The summed E-state index contributed by atoms with van der Waals surface area (Å²) in [5, 5.41) is 5.98. The molecule has 3 N–H and O–H groups in total. The molecule has 0 radical (unpaired) electrons. The number of rotatable bonds is 7. The molecule has 1 atom stereocenters. The molecule has 1 amide bonds. The Morgan fingerprint density at radius 3 is 2.77 bits per heavy atom. The first-order chi connectivity index (χ1) is 10.1. The molecule has 1 aromatic heterocycles. The van der Waals surface area contributed by atoms with Crippen molar-refractivity contribution in [3.63, 3.8) is 0 Å². The number of nitrogens with zero attached hydrogens (tertiary/aromatic N) is 1. The van der Waals surface area contributed by atoms with Gasteiger partial charge in [-0.1, -0.05) is 30.3 Å². The second-order valence-corrected chi connectivity index (χ2v) is 5.98. The van der Waals surface area contributed by atoms with Gasteiger partial charge >= 0.3 is 0 Å². The van der Waals surface area contributed by atoms with E-state index < -0.39 is 0 Å². The second kappa shape index (κ2) is 9.56. The average Bonchev–Trinajstić information content (AvgIpc) is 2.95. The Bertz CT molecular complexity index is 572. The van der Waals surface area contributed by atoms with Crippen molar-refractivity contribution in [3.05, 3.63) is 41.4 Å². The summed E-state index contributed by atoms with van der Waals surface area (Å²) in [6, 6.07) is 10.2. The van der Waals surface area contributed by atoms with E-state index in [9.17, 15) is 4.79 Å². The smallest absolute Gasteiger partial charge is 0.220 e. The molecule has 0 saturated carbocycles. The van der Waals surface area contributed by atoms with Crippen molar-refractivity contribution < 1.29 is 4.79 Å². The van der Waals surface area contributed by atoms with Gasteiger partial charge in [0.2, 0.25) is 5.91 Å². The molecule has 2 aromatic rings. The van der Waals surface area contributed by atoms with Crippen LogP contribution < -0.4 is 11.1 Å². The lowest BCUT2D eigenvalue weighted by atomic mass is 10.2. The van der Waals surface area contributed by atoms with Crippen molar-refractivity contribution in [1.29, 1.82) is 0 Å². The molecular weight excluding hydrogens is 318 g/mol. The third kappa shape index (κ3) is 6.13. The van der Waals surface area contributed by atoms with E-state index >= 15 is 0 Å². The lowest BCUT2D eigenvalue weighted by Gasteiger charge is -2.05. The van der Waals surface area contributed by atoms with Gasteiger partial charge in [-0.15, -0.1) is 23.7 Å². The van der Waals surface area contributed by atoms with Crippen LogP contribution in [0.15, 0.2) is 35.7 Å². The summed E-state index contributed by atoms with van der Waals surface area (Å²) >= 11 is 1.64. The number of halogens is 1. The van der Waals surface area contributed by atoms with Gasteiger partial charge in [-0.05, 0) is 13.3 Å². The molecule has 120 valence electrons. The fraction of sp³-hybridized carbons (Fsp3) is 0.375. The Kier molecular flexibility index (Phi) is 8.09. The van der Waals surface area contributed by atoms with Crippen molar-refractivity contribution in [2.24, 2.45) is 5.73 Å². The minimum absolute atomic E-state index is 0. The molecule has 22 heavy (non-hydrogen) atoms. The van der Waals surface area contributed by atoms with Crippen molar-refractivity contribution in [2.75, 3.05) is 6.54 Å². The number of hydrogen-bond acceptors (Lipinski definition) is 4. The lowest BCUT2D eigenvalue weighted by molar-refractivity contribution is -0.121. The maximum Gasteiger partial charge on any atom is 0.220 e. The second-order valence-electron chi connectivity index (χ2n) is 5.13. The van der Waals surface area contributed by atoms with Crippen molar-refractivity contribution >= 4 is 29.7 Å². The molecular formula is C16H22ClN3OS. The quantitative estimate of drug-likeness (QED) is 0.814. The lowest BCUT2D eigenvalue weighted by Crippen LogP contribution is -2.27. The van der Waals surface area contributed by atoms with Gasteiger partial charge in [-0.2, -0.15) is 0 Å². The Labute approximate surface area is 141 Å². The molecule has 4 nitrogen and oxygen atoms in total. The zero-order chi connectivity index (χ0) is 15.1. The average molecular weight is 340 g/mol. The monoisotopic (exact) mass is 339 g/mol. The van der Waals surface area contributed by atoms with Crippen molar-refractivity contribution in [3.8, 4) is 10.6 Å². The zero-order valence-corrected chi connectivity index (χ0v) is 14.3. The summed E-state index contributed by atoms with van der Waals surface area (Å²) in [4.78, 5) is 16.2. The SMILES string of the molecule is CC(N)CCC(=O)NCCc1csc(-c2ccccc2)n1.Cl. The standard InChI is InChI=1S/C16H21N3OS.ClH/c1-12(17)7-8-15(20)18-10-9-14-11-21-16(19-14)13-5-3-2-4-6-13;/h2-6,11-12H,7-10,17H2,1H3,(H,18,20);1H. The largest absolute Gasteiger partial charge is 0.356 e. The van der Waals surface area contributed by atoms with Crippen LogP contribution in [0.2, 0.25) is 0 Å². The highest BCUT2D eigenvalue weighted by molar-refractivity contribution is 7.13. The number of benzene rings is 1. The van der Waals surface area contributed by atoms with Gasteiger partial charge < -0.3 is 11.1 Å². The highest BCUT2D eigenvalue weighted by Crippen LogP contribution is 2.23. The van der Waals surface area contributed by atoms with E-state index in [2.05, 4.69) is 27.8 Å². The number of hydrogen-bond donors (Lipinski definition) is 2. The van der Waals surface area contributed by atoms with Gasteiger partial charge in [0, 0.05) is 36.4 Å². The van der Waals surface area contributed by atoms with E-state index in [0.717, 1.165) is 29.1 Å². The number of aromatic nitrogens is 1. The van der Waals surface area contributed by atoms with Crippen LogP contribution in [0.1, 0.15) is 25.5 Å². The van der Waals surface area contributed by atoms with E-state index in [0.29, 0.717) is 13.0 Å². The van der Waals surface area contributed by atoms with Gasteiger partial charge in [0.05, 0.1) is 5.69 Å². The molecule has 0 bridgehead atoms. The first-order valence-electron chi connectivity index (χ1n) is 7.17. The van der Waals surface area contributed by atoms with Crippen LogP contribution in [0.25, 0.3) is 10.6 Å². The number of nitrogens with two attached hydrogens (primary N) is 1. The predicted molar refractivity (Wildman–Crippen MR) is 94.4 cm³/mol. The number of thiazole rings is 1. The van der Waals surface area contributed by atoms with E-state index in [1.807, 2.05) is 25.1 Å².